The maximum atomic E-state index is 12.5. The number of benzene rings is 1. The molecule has 2 saturated carbocycles. The van der Waals surface area contributed by atoms with Gasteiger partial charge in [0, 0.05) is 13.0 Å². The fourth-order valence-electron chi connectivity index (χ4n) is 4.34. The van der Waals surface area contributed by atoms with Crippen molar-refractivity contribution in [1.82, 2.24) is 5.32 Å². The van der Waals surface area contributed by atoms with E-state index in [1.807, 2.05) is 0 Å². The van der Waals surface area contributed by atoms with Gasteiger partial charge in [-0.2, -0.15) is 0 Å². The number of ether oxygens (including phenoxy) is 3. The molecule has 1 N–H and O–H groups in total. The first-order valence-corrected chi connectivity index (χ1v) is 11.3. The predicted molar refractivity (Wildman–Crippen MR) is 119 cm³/mol. The quantitative estimate of drug-likeness (QED) is 0.299. The number of carbonyl (C=O) groups is 3. The van der Waals surface area contributed by atoms with Gasteiger partial charge in [-0.3, -0.25) is 19.4 Å². The normalized spacial score (nSPS) is 25.7. The SMILES string of the molecule is CO/C=N\[C@H]1CC[C@H](C(=O)Oc2ccc(OC(=O)[C@H]3CC[C@H](NC(C)=O)CC3)cc2)CC1. The number of nitrogens with one attached hydrogen (secondary N) is 1. The standard InChI is InChI=1S/C24H32N2O6/c1-16(27)26-20-9-5-18(6-10-20)24(29)32-22-13-11-21(12-14-22)31-23(28)17-3-7-19(8-4-17)25-15-30-2/h11-15,17-20H,3-10H2,1-2H3,(H,26,27)/b25-15-/t17-,18-,19-,20-. The van der Waals surface area contributed by atoms with Crippen LogP contribution in [0.2, 0.25) is 0 Å². The summed E-state index contributed by atoms with van der Waals surface area (Å²) in [4.78, 5) is 40.4. The fraction of sp³-hybridized carbons (Fsp3) is 0.583. The zero-order chi connectivity index (χ0) is 22.9. The number of aliphatic imine (C=N–C) groups is 1. The second-order valence-corrected chi connectivity index (χ2v) is 8.56. The van der Waals surface area contributed by atoms with Crippen LogP contribution in [0.5, 0.6) is 11.5 Å². The molecular weight excluding hydrogens is 412 g/mol. The third kappa shape index (κ3) is 7.07. The summed E-state index contributed by atoms with van der Waals surface area (Å²) in [5.41, 5.74) is 0. The Hall–Kier alpha value is -2.90. The van der Waals surface area contributed by atoms with E-state index in [2.05, 4.69) is 10.3 Å². The van der Waals surface area contributed by atoms with Crippen molar-refractivity contribution in [3.05, 3.63) is 24.3 Å². The molecule has 8 nitrogen and oxygen atoms in total. The van der Waals surface area contributed by atoms with Crippen LogP contribution in [0.3, 0.4) is 0 Å². The molecule has 0 unspecified atom stereocenters. The van der Waals surface area contributed by atoms with Gasteiger partial charge in [-0.15, -0.1) is 0 Å². The largest absolute Gasteiger partial charge is 0.487 e. The van der Waals surface area contributed by atoms with E-state index in [9.17, 15) is 14.4 Å². The molecule has 0 atom stereocenters. The van der Waals surface area contributed by atoms with Crippen LogP contribution in [0.15, 0.2) is 29.3 Å². The number of rotatable bonds is 7. The van der Waals surface area contributed by atoms with Crippen LogP contribution in [0.25, 0.3) is 0 Å². The molecule has 3 rings (SSSR count). The first-order chi connectivity index (χ1) is 15.4. The van der Waals surface area contributed by atoms with Crippen LogP contribution < -0.4 is 14.8 Å². The van der Waals surface area contributed by atoms with Crippen LogP contribution in [0.4, 0.5) is 0 Å². The van der Waals surface area contributed by atoms with Crippen molar-refractivity contribution in [2.24, 2.45) is 16.8 Å². The Balaban J connectivity index is 1.42. The molecular formula is C24H32N2O6. The molecule has 0 aliphatic heterocycles. The van der Waals surface area contributed by atoms with Gasteiger partial charge >= 0.3 is 11.9 Å². The van der Waals surface area contributed by atoms with E-state index in [1.165, 1.54) is 13.3 Å². The van der Waals surface area contributed by atoms with Gasteiger partial charge in [-0.25, -0.2) is 0 Å². The van der Waals surface area contributed by atoms with E-state index in [0.717, 1.165) is 38.5 Å². The minimum absolute atomic E-state index is 0.0410. The van der Waals surface area contributed by atoms with Gasteiger partial charge in [0.15, 0.2) is 6.40 Å². The van der Waals surface area contributed by atoms with E-state index in [0.29, 0.717) is 24.3 Å². The smallest absolute Gasteiger partial charge is 0.314 e. The van der Waals surface area contributed by atoms with Gasteiger partial charge in [0.25, 0.3) is 0 Å². The van der Waals surface area contributed by atoms with E-state index in [4.69, 9.17) is 14.2 Å². The van der Waals surface area contributed by atoms with Gasteiger partial charge in [-0.05, 0) is 75.6 Å². The Labute approximate surface area is 188 Å². The Bertz CT molecular complexity index is 806. The lowest BCUT2D eigenvalue weighted by atomic mass is 9.86. The van der Waals surface area contributed by atoms with Crippen molar-refractivity contribution in [1.29, 1.82) is 0 Å². The number of methoxy groups -OCH3 is 1. The molecule has 2 aliphatic rings. The summed E-state index contributed by atoms with van der Waals surface area (Å²) in [6.07, 6.45) is 7.53. The molecule has 0 radical (unpaired) electrons. The van der Waals surface area contributed by atoms with Crippen molar-refractivity contribution >= 4 is 24.2 Å². The molecule has 0 spiro atoms. The highest BCUT2D eigenvalue weighted by atomic mass is 16.5. The molecule has 0 heterocycles. The van der Waals surface area contributed by atoms with Gasteiger partial charge in [0.2, 0.25) is 5.91 Å². The van der Waals surface area contributed by atoms with Crippen LogP contribution in [0.1, 0.15) is 58.3 Å². The topological polar surface area (TPSA) is 103 Å². The summed E-state index contributed by atoms with van der Waals surface area (Å²) in [7, 11) is 1.57. The highest BCUT2D eigenvalue weighted by molar-refractivity contribution is 5.76. The van der Waals surface area contributed by atoms with Crippen molar-refractivity contribution in [3.8, 4) is 11.5 Å². The number of carbonyl (C=O) groups excluding carboxylic acids is 3. The van der Waals surface area contributed by atoms with Crippen molar-refractivity contribution in [3.63, 3.8) is 0 Å². The number of nitrogens with zero attached hydrogens (tertiary/aromatic N) is 1. The molecule has 1 aromatic rings. The van der Waals surface area contributed by atoms with E-state index in [1.54, 1.807) is 31.4 Å². The van der Waals surface area contributed by atoms with Crippen LogP contribution in [-0.4, -0.2) is 43.4 Å². The van der Waals surface area contributed by atoms with Crippen molar-refractivity contribution in [2.45, 2.75) is 70.4 Å². The third-order valence-corrected chi connectivity index (χ3v) is 6.14. The van der Waals surface area contributed by atoms with E-state index >= 15 is 0 Å². The maximum Gasteiger partial charge on any atom is 0.314 e. The first-order valence-electron chi connectivity index (χ1n) is 11.3. The lowest BCUT2D eigenvalue weighted by Gasteiger charge is -2.27. The number of hydrogen-bond donors (Lipinski definition) is 1. The summed E-state index contributed by atoms with van der Waals surface area (Å²) < 4.78 is 15.9. The molecule has 2 fully saturated rings. The number of hydrogen-bond acceptors (Lipinski definition) is 7. The molecule has 2 aliphatic carbocycles. The van der Waals surface area contributed by atoms with E-state index < -0.39 is 0 Å². The molecule has 0 bridgehead atoms. The highest BCUT2D eigenvalue weighted by Gasteiger charge is 2.29. The van der Waals surface area contributed by atoms with Crippen LogP contribution in [0, 0.1) is 11.8 Å². The summed E-state index contributed by atoms with van der Waals surface area (Å²) in [6, 6.07) is 6.90. The van der Waals surface area contributed by atoms with Gasteiger partial charge in [0.05, 0.1) is 25.0 Å². The second-order valence-electron chi connectivity index (χ2n) is 8.56. The molecule has 8 heteroatoms. The Kier molecular flexibility index (Phi) is 8.64. The van der Waals surface area contributed by atoms with Crippen molar-refractivity contribution < 1.29 is 28.6 Å². The van der Waals surface area contributed by atoms with Crippen LogP contribution in [-0.2, 0) is 19.1 Å². The Morgan fingerprint density at radius 1 is 0.844 bits per heavy atom. The molecule has 0 saturated heterocycles. The predicted octanol–water partition coefficient (Wildman–Crippen LogP) is 3.43. The van der Waals surface area contributed by atoms with Crippen LogP contribution >= 0.6 is 0 Å². The summed E-state index contributed by atoms with van der Waals surface area (Å²) in [5.74, 6) is 0.0277. The molecule has 1 amide bonds. The first kappa shape index (κ1) is 23.8. The number of amides is 1. The van der Waals surface area contributed by atoms with Gasteiger partial charge < -0.3 is 19.5 Å². The minimum Gasteiger partial charge on any atom is -0.487 e. The zero-order valence-corrected chi connectivity index (χ0v) is 18.7. The zero-order valence-electron chi connectivity index (χ0n) is 18.7. The monoisotopic (exact) mass is 444 g/mol. The molecule has 1 aromatic carbocycles. The summed E-state index contributed by atoms with van der Waals surface area (Å²) >= 11 is 0. The highest BCUT2D eigenvalue weighted by Crippen LogP contribution is 2.29. The molecule has 32 heavy (non-hydrogen) atoms. The average molecular weight is 445 g/mol. The Morgan fingerprint density at radius 2 is 1.31 bits per heavy atom. The molecule has 174 valence electrons. The Morgan fingerprint density at radius 3 is 1.75 bits per heavy atom. The average Bonchev–Trinajstić information content (AvgIpc) is 2.79. The van der Waals surface area contributed by atoms with Gasteiger partial charge in [0.1, 0.15) is 11.5 Å². The van der Waals surface area contributed by atoms with Gasteiger partial charge in [-0.1, -0.05) is 0 Å². The second kappa shape index (κ2) is 11.6. The lowest BCUT2D eigenvalue weighted by Crippen LogP contribution is -2.38. The fourth-order valence-corrected chi connectivity index (χ4v) is 4.34. The number of esters is 2. The minimum atomic E-state index is -0.260. The summed E-state index contributed by atoms with van der Waals surface area (Å²) in [5, 5.41) is 2.90. The lowest BCUT2D eigenvalue weighted by molar-refractivity contribution is -0.141. The maximum absolute atomic E-state index is 12.5. The van der Waals surface area contributed by atoms with Crippen molar-refractivity contribution in [2.75, 3.05) is 7.11 Å². The van der Waals surface area contributed by atoms with E-state index in [-0.39, 0.29) is 41.8 Å². The third-order valence-electron chi connectivity index (χ3n) is 6.14. The molecule has 0 aromatic heterocycles. The summed E-state index contributed by atoms with van der Waals surface area (Å²) in [6.45, 7) is 1.51.